The molecule has 2 atom stereocenters. The minimum absolute atomic E-state index is 0.0960. The average Bonchev–Trinajstić information content (AvgIpc) is 2.43. The van der Waals surface area contributed by atoms with Crippen molar-refractivity contribution in [2.75, 3.05) is 0 Å². The molecule has 0 aromatic heterocycles. The fourth-order valence-corrected chi connectivity index (χ4v) is 3.20. The summed E-state index contributed by atoms with van der Waals surface area (Å²) in [6.45, 7) is 0. The molecule has 0 spiro atoms. The van der Waals surface area contributed by atoms with Crippen LogP contribution in [0, 0.1) is 0 Å². The van der Waals surface area contributed by atoms with Crippen LogP contribution in [-0.2, 0) is 4.74 Å². The minimum atomic E-state index is -0.334. The van der Waals surface area contributed by atoms with Crippen LogP contribution in [-0.4, -0.2) is 5.97 Å². The summed E-state index contributed by atoms with van der Waals surface area (Å²) in [7, 11) is 0. The fraction of sp³-hybridized carbons (Fsp3) is 0.133. The van der Waals surface area contributed by atoms with Gasteiger partial charge < -0.3 is 4.74 Å². The lowest BCUT2D eigenvalue weighted by molar-refractivity contribution is 0.0249. The van der Waals surface area contributed by atoms with Crippen molar-refractivity contribution in [1.82, 2.24) is 0 Å². The van der Waals surface area contributed by atoms with E-state index in [-0.39, 0.29) is 16.9 Å². The number of hydrogen-bond acceptors (Lipinski definition) is 2. The molecule has 4 heteroatoms. The van der Waals surface area contributed by atoms with Gasteiger partial charge in [0.2, 0.25) is 0 Å². The number of ether oxygens (including phenoxy) is 1. The van der Waals surface area contributed by atoms with Gasteiger partial charge in [-0.25, -0.2) is 4.79 Å². The van der Waals surface area contributed by atoms with Gasteiger partial charge in [0, 0.05) is 5.02 Å². The van der Waals surface area contributed by atoms with Crippen LogP contribution < -0.4 is 0 Å². The Labute approximate surface area is 124 Å². The molecule has 0 radical (unpaired) electrons. The summed E-state index contributed by atoms with van der Waals surface area (Å²) in [4.78, 5) is 11.9. The minimum Gasteiger partial charge on any atom is -0.452 e. The monoisotopic (exact) mass is 336 g/mol. The zero-order chi connectivity index (χ0) is 13.4. The molecule has 2 unspecified atom stereocenters. The lowest BCUT2D eigenvalue weighted by Gasteiger charge is -2.29. The lowest BCUT2D eigenvalue weighted by atomic mass is 9.94. The quantitative estimate of drug-likeness (QED) is 0.557. The zero-order valence-electron chi connectivity index (χ0n) is 9.85. The van der Waals surface area contributed by atoms with Crippen molar-refractivity contribution in [1.29, 1.82) is 0 Å². The molecule has 2 aromatic carbocycles. The maximum absolute atomic E-state index is 12.0. The van der Waals surface area contributed by atoms with E-state index in [1.807, 2.05) is 36.4 Å². The standard InChI is InChI=1S/C15H10BrClO2/c16-13-12-8-10(17)6-7-11(12)15(18)19-14(13)9-4-2-1-3-5-9/h1-8,13-14H. The second-order valence-corrected chi connectivity index (χ2v) is 5.79. The summed E-state index contributed by atoms with van der Waals surface area (Å²) in [5.74, 6) is -0.309. The number of carbonyl (C=O) groups excluding carboxylic acids is 1. The van der Waals surface area contributed by atoms with Gasteiger partial charge >= 0.3 is 5.97 Å². The van der Waals surface area contributed by atoms with Gasteiger partial charge in [0.15, 0.2) is 0 Å². The van der Waals surface area contributed by atoms with Crippen LogP contribution in [0.25, 0.3) is 0 Å². The summed E-state index contributed by atoms with van der Waals surface area (Å²) in [5, 5.41) is 0.615. The van der Waals surface area contributed by atoms with E-state index in [0.717, 1.165) is 11.1 Å². The Balaban J connectivity index is 2.07. The third kappa shape index (κ3) is 2.28. The van der Waals surface area contributed by atoms with Crippen LogP contribution in [0.3, 0.4) is 0 Å². The van der Waals surface area contributed by atoms with Gasteiger partial charge in [-0.3, -0.25) is 0 Å². The number of alkyl halides is 1. The number of cyclic esters (lactones) is 1. The predicted molar refractivity (Wildman–Crippen MR) is 77.7 cm³/mol. The Hall–Kier alpha value is -1.32. The molecule has 19 heavy (non-hydrogen) atoms. The number of halogens is 2. The molecular weight excluding hydrogens is 328 g/mol. The summed E-state index contributed by atoms with van der Waals surface area (Å²) >= 11 is 9.63. The highest BCUT2D eigenvalue weighted by molar-refractivity contribution is 9.09. The third-order valence-corrected chi connectivity index (χ3v) is 4.37. The maximum atomic E-state index is 12.0. The zero-order valence-corrected chi connectivity index (χ0v) is 12.2. The van der Waals surface area contributed by atoms with Gasteiger partial charge in [-0.1, -0.05) is 57.9 Å². The van der Waals surface area contributed by atoms with Crippen molar-refractivity contribution in [2.24, 2.45) is 0 Å². The Morgan fingerprint density at radius 3 is 2.58 bits per heavy atom. The van der Waals surface area contributed by atoms with Crippen LogP contribution in [0.5, 0.6) is 0 Å². The highest BCUT2D eigenvalue weighted by atomic mass is 79.9. The van der Waals surface area contributed by atoms with Crippen molar-refractivity contribution in [3.8, 4) is 0 Å². The highest BCUT2D eigenvalue weighted by Gasteiger charge is 2.35. The van der Waals surface area contributed by atoms with E-state index in [0.29, 0.717) is 10.6 Å². The molecule has 0 saturated heterocycles. The molecule has 0 N–H and O–H groups in total. The van der Waals surface area contributed by atoms with Gasteiger partial charge in [0.1, 0.15) is 6.10 Å². The second kappa shape index (κ2) is 4.99. The predicted octanol–water partition coefficient (Wildman–Crippen LogP) is 4.69. The third-order valence-electron chi connectivity index (χ3n) is 3.16. The molecule has 2 aromatic rings. The molecule has 3 rings (SSSR count). The summed E-state index contributed by atoms with van der Waals surface area (Å²) < 4.78 is 5.52. The van der Waals surface area contributed by atoms with Gasteiger partial charge in [-0.05, 0) is 29.3 Å². The Morgan fingerprint density at radius 1 is 1.11 bits per heavy atom. The van der Waals surface area contributed by atoms with Gasteiger partial charge in [-0.2, -0.15) is 0 Å². The summed E-state index contributed by atoms with van der Waals surface area (Å²) in [5.41, 5.74) is 2.40. The molecule has 1 heterocycles. The molecule has 0 aliphatic carbocycles. The highest BCUT2D eigenvalue weighted by Crippen LogP contribution is 2.44. The number of benzene rings is 2. The van der Waals surface area contributed by atoms with Crippen LogP contribution >= 0.6 is 27.5 Å². The maximum Gasteiger partial charge on any atom is 0.339 e. The van der Waals surface area contributed by atoms with E-state index in [1.54, 1.807) is 12.1 Å². The van der Waals surface area contributed by atoms with E-state index in [2.05, 4.69) is 15.9 Å². The van der Waals surface area contributed by atoms with E-state index < -0.39 is 0 Å². The number of fused-ring (bicyclic) bond motifs is 1. The van der Waals surface area contributed by atoms with Gasteiger partial charge in [0.25, 0.3) is 0 Å². The number of carbonyl (C=O) groups is 1. The van der Waals surface area contributed by atoms with Gasteiger partial charge in [0.05, 0.1) is 10.4 Å². The van der Waals surface area contributed by atoms with Crippen molar-refractivity contribution in [3.05, 3.63) is 70.2 Å². The number of rotatable bonds is 1. The normalized spacial score (nSPS) is 21.7. The van der Waals surface area contributed by atoms with Crippen molar-refractivity contribution >= 4 is 33.5 Å². The first-order chi connectivity index (χ1) is 9.16. The molecule has 0 fully saturated rings. The number of hydrogen-bond donors (Lipinski definition) is 0. The molecular formula is C15H10BrClO2. The molecule has 1 aliphatic rings. The first-order valence-corrected chi connectivity index (χ1v) is 7.15. The Morgan fingerprint density at radius 2 is 1.84 bits per heavy atom. The first kappa shape index (κ1) is 12.7. The molecule has 96 valence electrons. The molecule has 0 saturated carbocycles. The van der Waals surface area contributed by atoms with E-state index in [1.165, 1.54) is 0 Å². The van der Waals surface area contributed by atoms with Crippen LogP contribution in [0.15, 0.2) is 48.5 Å². The average molecular weight is 338 g/mol. The fourth-order valence-electron chi connectivity index (χ4n) is 2.23. The largest absolute Gasteiger partial charge is 0.452 e. The van der Waals surface area contributed by atoms with E-state index >= 15 is 0 Å². The number of esters is 1. The van der Waals surface area contributed by atoms with Crippen molar-refractivity contribution in [2.45, 2.75) is 10.9 Å². The molecule has 1 aliphatic heterocycles. The Bertz CT molecular complexity index is 627. The van der Waals surface area contributed by atoms with Gasteiger partial charge in [-0.15, -0.1) is 0 Å². The molecule has 0 amide bonds. The van der Waals surface area contributed by atoms with Crippen LogP contribution in [0.4, 0.5) is 0 Å². The van der Waals surface area contributed by atoms with Crippen molar-refractivity contribution in [3.63, 3.8) is 0 Å². The topological polar surface area (TPSA) is 26.3 Å². The van der Waals surface area contributed by atoms with E-state index in [9.17, 15) is 4.79 Å². The molecule has 2 nitrogen and oxygen atoms in total. The second-order valence-electron chi connectivity index (χ2n) is 4.37. The van der Waals surface area contributed by atoms with Crippen LogP contribution in [0.1, 0.15) is 32.4 Å². The summed E-state index contributed by atoms with van der Waals surface area (Å²) in [6, 6.07) is 14.9. The van der Waals surface area contributed by atoms with Crippen LogP contribution in [0.2, 0.25) is 5.02 Å². The first-order valence-electron chi connectivity index (χ1n) is 5.86. The lowest BCUT2D eigenvalue weighted by Crippen LogP contribution is -2.23. The SMILES string of the molecule is O=C1OC(c2ccccc2)C(Br)c2cc(Cl)ccc21. The molecule has 0 bridgehead atoms. The van der Waals surface area contributed by atoms with E-state index in [4.69, 9.17) is 16.3 Å². The Kier molecular flexibility index (Phi) is 3.33. The summed E-state index contributed by atoms with van der Waals surface area (Å²) in [6.07, 6.45) is -0.334. The van der Waals surface area contributed by atoms with Crippen molar-refractivity contribution < 1.29 is 9.53 Å². The smallest absolute Gasteiger partial charge is 0.339 e.